The predicted molar refractivity (Wildman–Crippen MR) is 118 cm³/mol. The van der Waals surface area contributed by atoms with Gasteiger partial charge in [-0.3, -0.25) is 9.78 Å². The number of piperidine rings is 1. The van der Waals surface area contributed by atoms with Gasteiger partial charge in [-0.25, -0.2) is 4.98 Å². The highest BCUT2D eigenvalue weighted by Gasteiger charge is 2.28. The summed E-state index contributed by atoms with van der Waals surface area (Å²) in [4.78, 5) is 23.9. The Bertz CT molecular complexity index is 1040. The number of amides is 1. The van der Waals surface area contributed by atoms with E-state index < -0.39 is 0 Å². The van der Waals surface area contributed by atoms with Gasteiger partial charge in [-0.2, -0.15) is 0 Å². The van der Waals surface area contributed by atoms with Gasteiger partial charge in [0.05, 0.1) is 5.69 Å². The molecule has 0 saturated carbocycles. The lowest BCUT2D eigenvalue weighted by Crippen LogP contribution is -2.36. The van der Waals surface area contributed by atoms with Gasteiger partial charge in [0, 0.05) is 37.6 Å². The van der Waals surface area contributed by atoms with E-state index in [2.05, 4.69) is 53.5 Å². The maximum absolute atomic E-state index is 12.6. The van der Waals surface area contributed by atoms with Crippen molar-refractivity contribution in [1.29, 1.82) is 0 Å². The lowest BCUT2D eigenvalue weighted by atomic mass is 9.91. The molecule has 1 atom stereocenters. The molecule has 150 valence electrons. The summed E-state index contributed by atoms with van der Waals surface area (Å²) in [6, 6.07) is 6.13. The quantitative estimate of drug-likeness (QED) is 0.858. The number of anilines is 1. The summed E-state index contributed by atoms with van der Waals surface area (Å²) in [7, 11) is 2.11. The Balaban J connectivity index is 0.00000218. The summed E-state index contributed by atoms with van der Waals surface area (Å²) in [5.74, 6) is 1.20. The monoisotopic (exact) mass is 388 g/mol. The molecule has 0 aromatic carbocycles. The van der Waals surface area contributed by atoms with E-state index in [4.69, 9.17) is 4.98 Å². The van der Waals surface area contributed by atoms with Gasteiger partial charge < -0.3 is 10.2 Å². The van der Waals surface area contributed by atoms with Gasteiger partial charge in [-0.15, -0.1) is 0 Å². The smallest absolute Gasteiger partial charge is 0.228 e. The lowest BCUT2D eigenvalue weighted by Gasteiger charge is -2.27. The van der Waals surface area contributed by atoms with Crippen molar-refractivity contribution in [1.82, 2.24) is 14.9 Å². The van der Waals surface area contributed by atoms with Crippen molar-refractivity contribution in [3.05, 3.63) is 64.6 Å². The third-order valence-corrected chi connectivity index (χ3v) is 6.55. The normalized spacial score (nSPS) is 21.4. The molecule has 1 aliphatic heterocycles. The molecule has 5 nitrogen and oxygen atoms in total. The Hall–Kier alpha value is -2.79. The van der Waals surface area contributed by atoms with Gasteiger partial charge >= 0.3 is 0 Å². The van der Waals surface area contributed by atoms with Crippen LogP contribution in [0.4, 0.5) is 5.82 Å². The fourth-order valence-electron chi connectivity index (χ4n) is 4.73. The first-order valence-electron chi connectivity index (χ1n) is 10.5. The molecule has 3 aliphatic rings. The number of aromatic nitrogens is 2. The highest BCUT2D eigenvalue weighted by Crippen LogP contribution is 2.45. The van der Waals surface area contributed by atoms with E-state index in [1.54, 1.807) is 0 Å². The zero-order chi connectivity index (χ0) is 20.0. The molecule has 0 bridgehead atoms. The Morgan fingerprint density at radius 1 is 1.24 bits per heavy atom. The molecule has 2 aromatic rings. The number of nitrogens with zero attached hydrogens (tertiary/aromatic N) is 3. The molecular weight excluding hydrogens is 360 g/mol. The van der Waals surface area contributed by atoms with Crippen LogP contribution in [0.15, 0.2) is 42.2 Å². The maximum atomic E-state index is 12.6. The fourth-order valence-corrected chi connectivity index (χ4v) is 4.73. The third kappa shape index (κ3) is 3.29. The highest BCUT2D eigenvalue weighted by molar-refractivity contribution is 5.94. The van der Waals surface area contributed by atoms with Gasteiger partial charge in [0.1, 0.15) is 5.82 Å². The van der Waals surface area contributed by atoms with E-state index in [-0.39, 0.29) is 13.3 Å². The topological polar surface area (TPSA) is 58.1 Å². The van der Waals surface area contributed by atoms with Crippen LogP contribution in [-0.2, 0) is 11.2 Å². The molecule has 29 heavy (non-hydrogen) atoms. The fraction of sp³-hybridized carbons (Fsp3) is 0.375. The molecule has 1 fully saturated rings. The Morgan fingerprint density at radius 2 is 2.07 bits per heavy atom. The minimum absolute atomic E-state index is 0. The number of pyridine rings is 2. The van der Waals surface area contributed by atoms with Crippen LogP contribution in [0.2, 0.25) is 0 Å². The number of likely N-dealkylation sites (tertiary alicyclic amines) is 1. The van der Waals surface area contributed by atoms with E-state index in [0.717, 1.165) is 38.0 Å². The summed E-state index contributed by atoms with van der Waals surface area (Å²) in [6.07, 6.45) is 11.0. The van der Waals surface area contributed by atoms with Crippen molar-refractivity contribution < 1.29 is 6.22 Å². The summed E-state index contributed by atoms with van der Waals surface area (Å²) < 4.78 is 0. The van der Waals surface area contributed by atoms with E-state index in [0.29, 0.717) is 11.7 Å². The van der Waals surface area contributed by atoms with Gasteiger partial charge in [0.15, 0.2) is 0 Å². The van der Waals surface area contributed by atoms with E-state index >= 15 is 0 Å². The van der Waals surface area contributed by atoms with Crippen molar-refractivity contribution in [2.24, 2.45) is 5.92 Å². The van der Waals surface area contributed by atoms with Crippen LogP contribution < -0.4 is 5.32 Å². The number of fused-ring (bicyclic) bond motifs is 2. The molecule has 1 saturated heterocycles. The summed E-state index contributed by atoms with van der Waals surface area (Å²) in [5, 5.41) is 3.05. The second kappa shape index (κ2) is 7.23. The second-order valence-corrected chi connectivity index (χ2v) is 8.41. The molecule has 3 heterocycles. The minimum atomic E-state index is 0. The molecule has 1 N–H and O–H groups in total. The number of carbonyl (C=O) groups is 1. The van der Waals surface area contributed by atoms with Crippen LogP contribution in [0.3, 0.4) is 0 Å². The van der Waals surface area contributed by atoms with Crippen LogP contribution in [0, 0.1) is 5.92 Å². The Morgan fingerprint density at radius 3 is 2.86 bits per heavy atom. The third-order valence-electron chi connectivity index (χ3n) is 6.55. The zero-order valence-corrected chi connectivity index (χ0v) is 17.0. The average molecular weight is 389 g/mol. The molecule has 2 aromatic heterocycles. The highest BCUT2D eigenvalue weighted by atomic mass is 16.1. The van der Waals surface area contributed by atoms with Gasteiger partial charge in [0.25, 0.3) is 0 Å². The van der Waals surface area contributed by atoms with E-state index in [1.165, 1.54) is 27.8 Å². The van der Waals surface area contributed by atoms with Crippen LogP contribution in [0.25, 0.3) is 11.6 Å². The molecule has 5 rings (SSSR count). The molecule has 0 spiro atoms. The largest absolute Gasteiger partial charge is 0.310 e. The SMILES string of the molecule is CC1C(C2=CCc3nc(NC(=O)C4CCN(C)CC4)ccc32)=Cc2ccncc21.[HH]. The van der Waals surface area contributed by atoms with E-state index in [9.17, 15) is 4.79 Å². The number of allylic oxidation sites excluding steroid dienone is 3. The van der Waals surface area contributed by atoms with Crippen molar-refractivity contribution in [3.8, 4) is 0 Å². The molecule has 1 amide bonds. The van der Waals surface area contributed by atoms with Crippen LogP contribution in [0.1, 0.15) is 49.5 Å². The molecule has 2 aliphatic carbocycles. The van der Waals surface area contributed by atoms with Crippen LogP contribution in [0.5, 0.6) is 0 Å². The molecule has 0 radical (unpaired) electrons. The van der Waals surface area contributed by atoms with Crippen LogP contribution in [-0.4, -0.2) is 40.9 Å². The first kappa shape index (κ1) is 18.3. The predicted octanol–water partition coefficient (Wildman–Crippen LogP) is 4.14. The number of rotatable bonds is 3. The zero-order valence-electron chi connectivity index (χ0n) is 17.0. The lowest BCUT2D eigenvalue weighted by molar-refractivity contribution is -0.121. The first-order chi connectivity index (χ1) is 14.1. The molecule has 1 unspecified atom stereocenters. The number of carbonyl (C=O) groups excluding carboxylic acids is 1. The van der Waals surface area contributed by atoms with Crippen LogP contribution >= 0.6 is 0 Å². The first-order valence-corrected chi connectivity index (χ1v) is 10.5. The standard InChI is InChI=1S/C24H26N4O.H2/c1-15-20(13-17-7-10-25-14-21(15)17)18-3-5-22-19(18)4-6-23(26-22)27-24(29)16-8-11-28(2)12-9-16;/h3-4,6-7,10,13-16H,5,8-9,11-12H2,1-2H3,(H,26,27,29);1H. The van der Waals surface area contributed by atoms with Gasteiger partial charge in [-0.1, -0.05) is 19.1 Å². The number of nitrogens with one attached hydrogen (secondary N) is 1. The summed E-state index contributed by atoms with van der Waals surface area (Å²) in [6.45, 7) is 4.20. The minimum Gasteiger partial charge on any atom is -0.310 e. The van der Waals surface area contributed by atoms with Gasteiger partial charge in [-0.05, 0) is 73.5 Å². The van der Waals surface area contributed by atoms with Crippen molar-refractivity contribution >= 4 is 23.4 Å². The molecule has 5 heteroatoms. The Kier molecular flexibility index (Phi) is 4.55. The van der Waals surface area contributed by atoms with Crippen molar-refractivity contribution in [2.45, 2.75) is 32.1 Å². The van der Waals surface area contributed by atoms with Crippen molar-refractivity contribution in [2.75, 3.05) is 25.5 Å². The Labute approximate surface area is 173 Å². The van der Waals surface area contributed by atoms with E-state index in [1.807, 2.05) is 18.5 Å². The molecular formula is C24H28N4O. The summed E-state index contributed by atoms with van der Waals surface area (Å²) >= 11 is 0. The van der Waals surface area contributed by atoms with Gasteiger partial charge in [0.2, 0.25) is 5.91 Å². The second-order valence-electron chi connectivity index (χ2n) is 8.41. The average Bonchev–Trinajstić information content (AvgIpc) is 3.29. The van der Waals surface area contributed by atoms with Crippen molar-refractivity contribution in [3.63, 3.8) is 0 Å². The number of hydrogen-bond acceptors (Lipinski definition) is 4. The summed E-state index contributed by atoms with van der Waals surface area (Å²) in [5.41, 5.74) is 7.37. The maximum Gasteiger partial charge on any atom is 0.228 e. The number of hydrogen-bond donors (Lipinski definition) is 1.